The van der Waals surface area contributed by atoms with Crippen LogP contribution < -0.4 is 10.2 Å². The maximum absolute atomic E-state index is 11.8. The first-order valence-corrected chi connectivity index (χ1v) is 15.3. The number of aliphatic imine (C=N–C) groups is 1. The summed E-state index contributed by atoms with van der Waals surface area (Å²) in [5, 5.41) is 13.3. The predicted molar refractivity (Wildman–Crippen MR) is 160 cm³/mol. The molecule has 0 aliphatic carbocycles. The fraction of sp³-hybridized carbons (Fsp3) is 0.300. The summed E-state index contributed by atoms with van der Waals surface area (Å²) in [5.74, 6) is 1.54. The quantitative estimate of drug-likeness (QED) is 0.162. The van der Waals surface area contributed by atoms with Gasteiger partial charge in [0.05, 0.1) is 40.2 Å². The lowest BCUT2D eigenvalue weighted by atomic mass is 9.99. The van der Waals surface area contributed by atoms with Gasteiger partial charge in [-0.3, -0.25) is 15.3 Å². The maximum atomic E-state index is 11.8. The molecule has 0 bridgehead atoms. The number of hydrogen-bond acceptors (Lipinski definition) is 8. The molecule has 1 unspecified atom stereocenters. The van der Waals surface area contributed by atoms with E-state index in [1.165, 1.54) is 6.26 Å². The van der Waals surface area contributed by atoms with Gasteiger partial charge in [-0.15, -0.1) is 0 Å². The van der Waals surface area contributed by atoms with Crippen LogP contribution in [0.2, 0.25) is 0 Å². The molecule has 1 N–H and O–H groups in total. The van der Waals surface area contributed by atoms with Crippen molar-refractivity contribution in [3.63, 3.8) is 0 Å². The molecule has 5 rings (SSSR count). The highest BCUT2D eigenvalue weighted by molar-refractivity contribution is 7.90. The summed E-state index contributed by atoms with van der Waals surface area (Å²) < 4.78 is 23.5. The number of aryl methyl sites for hydroxylation is 1. The Hall–Kier alpha value is -4.56. The van der Waals surface area contributed by atoms with Gasteiger partial charge in [0.2, 0.25) is 5.96 Å². The summed E-state index contributed by atoms with van der Waals surface area (Å²) in [6.45, 7) is 8.25. The normalized spacial score (nSPS) is 16.2. The molecule has 41 heavy (non-hydrogen) atoms. The zero-order valence-electron chi connectivity index (χ0n) is 23.5. The number of anilines is 1. The van der Waals surface area contributed by atoms with E-state index in [0.717, 1.165) is 33.7 Å². The van der Waals surface area contributed by atoms with Gasteiger partial charge in [0.1, 0.15) is 5.82 Å². The van der Waals surface area contributed by atoms with Gasteiger partial charge >= 0.3 is 0 Å². The average molecular weight is 569 g/mol. The van der Waals surface area contributed by atoms with Crippen molar-refractivity contribution in [2.75, 3.05) is 30.8 Å². The predicted octanol–water partition coefficient (Wildman–Crippen LogP) is 4.31. The molecule has 0 radical (unpaired) electrons. The van der Waals surface area contributed by atoms with E-state index in [4.69, 9.17) is 4.99 Å². The highest BCUT2D eigenvalue weighted by atomic mass is 32.2. The van der Waals surface area contributed by atoms with E-state index in [1.54, 1.807) is 36.7 Å². The molecule has 0 amide bonds. The number of aromatic nitrogens is 3. The van der Waals surface area contributed by atoms with E-state index < -0.39 is 9.84 Å². The molecular formula is C30H32N8O2S. The molecule has 0 saturated carbocycles. The van der Waals surface area contributed by atoms with Gasteiger partial charge in [-0.25, -0.2) is 18.4 Å². The van der Waals surface area contributed by atoms with Crippen LogP contribution in [0.25, 0.3) is 22.2 Å². The zero-order chi connectivity index (χ0) is 29.1. The van der Waals surface area contributed by atoms with Gasteiger partial charge in [0.25, 0.3) is 0 Å². The van der Waals surface area contributed by atoms with Gasteiger partial charge in [-0.2, -0.15) is 5.26 Å². The van der Waals surface area contributed by atoms with Crippen LogP contribution in [0.3, 0.4) is 0 Å². The van der Waals surface area contributed by atoms with Gasteiger partial charge in [0.15, 0.2) is 16.0 Å². The molecule has 4 aromatic rings. The van der Waals surface area contributed by atoms with Crippen LogP contribution in [0.1, 0.15) is 19.5 Å². The average Bonchev–Trinajstić information content (AvgIpc) is 2.96. The van der Waals surface area contributed by atoms with Crippen molar-refractivity contribution in [2.45, 2.75) is 31.7 Å². The number of pyridine rings is 1. The van der Waals surface area contributed by atoms with E-state index in [0.29, 0.717) is 31.3 Å². The van der Waals surface area contributed by atoms with Gasteiger partial charge in [-0.1, -0.05) is 32.0 Å². The van der Waals surface area contributed by atoms with Crippen molar-refractivity contribution < 1.29 is 8.42 Å². The zero-order valence-corrected chi connectivity index (χ0v) is 24.3. The Morgan fingerprint density at radius 1 is 1.07 bits per heavy atom. The summed E-state index contributed by atoms with van der Waals surface area (Å²) >= 11 is 0. The molecule has 210 valence electrons. The van der Waals surface area contributed by atoms with Gasteiger partial charge in [-0.05, 0) is 49.2 Å². The molecule has 3 heterocycles. The molecule has 1 fully saturated rings. The monoisotopic (exact) mass is 568 g/mol. The summed E-state index contributed by atoms with van der Waals surface area (Å²) in [7, 11) is -3.26. The third-order valence-corrected chi connectivity index (χ3v) is 8.37. The fourth-order valence-corrected chi connectivity index (χ4v) is 5.65. The number of nitrogens with zero attached hydrogens (tertiary/aromatic N) is 7. The molecule has 10 nitrogen and oxygen atoms in total. The lowest BCUT2D eigenvalue weighted by molar-refractivity contribution is 0.220. The molecule has 2 aromatic carbocycles. The number of fused-ring (bicyclic) bond motifs is 1. The fourth-order valence-electron chi connectivity index (χ4n) is 5.02. The Labute approximate surface area is 240 Å². The van der Waals surface area contributed by atoms with Crippen molar-refractivity contribution >= 4 is 38.2 Å². The van der Waals surface area contributed by atoms with Crippen LogP contribution in [-0.4, -0.2) is 66.2 Å². The molecule has 1 aliphatic rings. The van der Waals surface area contributed by atoms with Crippen molar-refractivity contribution in [1.82, 2.24) is 25.2 Å². The SMILES string of the molecule is Cc1ccc2c(N=C(NC#N)N3CCN(c4cnc(-c5ccc(S(C)(=O)=O)cc5)cn4)CC3C(C)C)cccc2n1. The molecule has 0 spiro atoms. The third-order valence-electron chi connectivity index (χ3n) is 7.24. The van der Waals surface area contributed by atoms with Crippen molar-refractivity contribution in [2.24, 2.45) is 10.9 Å². The second-order valence-electron chi connectivity index (χ2n) is 10.5. The highest BCUT2D eigenvalue weighted by Crippen LogP contribution is 2.28. The molecule has 1 atom stereocenters. The Bertz CT molecular complexity index is 1730. The van der Waals surface area contributed by atoms with Crippen molar-refractivity contribution in [3.05, 3.63) is 72.7 Å². The third kappa shape index (κ3) is 6.12. The molecule has 11 heteroatoms. The Kier molecular flexibility index (Phi) is 7.85. The molecule has 1 saturated heterocycles. The Balaban J connectivity index is 1.38. The molecule has 1 aliphatic heterocycles. The standard InChI is InChI=1S/C30H32N8O2S/c1-20(2)28-18-37(29-17-32-27(16-33-29)22-9-11-23(12-10-22)41(4,39)40)14-15-38(28)30(34-19-31)36-26-7-5-6-25-24(26)13-8-21(3)35-25/h5-13,16-17,20,28H,14-15,18H2,1-4H3,(H,34,36). The van der Waals surface area contributed by atoms with Crippen LogP contribution in [0.5, 0.6) is 0 Å². The largest absolute Gasteiger partial charge is 0.351 e. The van der Waals surface area contributed by atoms with Crippen LogP contribution in [0, 0.1) is 24.3 Å². The second-order valence-corrected chi connectivity index (χ2v) is 12.5. The number of piperazine rings is 1. The Morgan fingerprint density at radius 3 is 2.51 bits per heavy atom. The first kappa shape index (κ1) is 28.0. The lowest BCUT2D eigenvalue weighted by Gasteiger charge is -2.44. The number of nitriles is 1. The molecular weight excluding hydrogens is 536 g/mol. The first-order valence-electron chi connectivity index (χ1n) is 13.4. The van der Waals surface area contributed by atoms with E-state index >= 15 is 0 Å². The minimum absolute atomic E-state index is 0.0590. The van der Waals surface area contributed by atoms with E-state index in [1.807, 2.05) is 37.3 Å². The second kappa shape index (κ2) is 11.5. The van der Waals surface area contributed by atoms with Gasteiger partial charge < -0.3 is 9.80 Å². The summed E-state index contributed by atoms with van der Waals surface area (Å²) in [4.78, 5) is 23.4. The molecule has 2 aromatic heterocycles. The van der Waals surface area contributed by atoms with E-state index in [-0.39, 0.29) is 16.9 Å². The summed E-state index contributed by atoms with van der Waals surface area (Å²) in [6.07, 6.45) is 6.72. The van der Waals surface area contributed by atoms with E-state index in [2.05, 4.69) is 50.1 Å². The first-order chi connectivity index (χ1) is 19.6. The lowest BCUT2D eigenvalue weighted by Crippen LogP contribution is -2.59. The minimum atomic E-state index is -3.26. The number of nitrogens with one attached hydrogen (secondary N) is 1. The van der Waals surface area contributed by atoms with Crippen molar-refractivity contribution in [1.29, 1.82) is 5.26 Å². The summed E-state index contributed by atoms with van der Waals surface area (Å²) in [5.41, 5.74) is 4.01. The van der Waals surface area contributed by atoms with Crippen LogP contribution in [0.15, 0.2) is 76.9 Å². The number of rotatable bonds is 5. The number of guanidine groups is 1. The highest BCUT2D eigenvalue weighted by Gasteiger charge is 2.32. The topological polar surface area (TPSA) is 127 Å². The Morgan fingerprint density at radius 2 is 1.85 bits per heavy atom. The number of benzene rings is 2. The smallest absolute Gasteiger partial charge is 0.213 e. The van der Waals surface area contributed by atoms with Crippen LogP contribution >= 0.6 is 0 Å². The van der Waals surface area contributed by atoms with E-state index in [9.17, 15) is 13.7 Å². The van der Waals surface area contributed by atoms with Crippen LogP contribution in [0.4, 0.5) is 11.5 Å². The van der Waals surface area contributed by atoms with Crippen molar-refractivity contribution in [3.8, 4) is 17.5 Å². The minimum Gasteiger partial charge on any atom is -0.351 e. The van der Waals surface area contributed by atoms with Crippen LogP contribution in [-0.2, 0) is 9.84 Å². The maximum Gasteiger partial charge on any atom is 0.213 e. The number of sulfone groups is 1. The number of hydrogen-bond donors (Lipinski definition) is 1. The van der Waals surface area contributed by atoms with Gasteiger partial charge in [0, 0.05) is 42.5 Å². The summed E-state index contributed by atoms with van der Waals surface area (Å²) in [6, 6.07) is 16.5.